The normalized spacial score (nSPS) is 12.4. The minimum absolute atomic E-state index is 0.0929. The number of fused-ring (bicyclic) bond motifs is 3. The van der Waals surface area contributed by atoms with E-state index in [1.165, 1.54) is 11.8 Å². The maximum absolute atomic E-state index is 13.0. The number of benzene rings is 2. The van der Waals surface area contributed by atoms with Gasteiger partial charge in [0.1, 0.15) is 0 Å². The number of carbonyl (C=O) groups is 1. The second-order valence-corrected chi connectivity index (χ2v) is 9.41. The van der Waals surface area contributed by atoms with E-state index in [1.54, 1.807) is 35.8 Å². The third-order valence-corrected chi connectivity index (χ3v) is 6.75. The largest absolute Gasteiger partial charge is 0.323 e. The number of halogens is 2. The van der Waals surface area contributed by atoms with Crippen LogP contribution in [0.2, 0.25) is 10.0 Å². The van der Waals surface area contributed by atoms with Crippen molar-refractivity contribution in [3.63, 3.8) is 0 Å². The zero-order chi connectivity index (χ0) is 22.8. The lowest BCUT2D eigenvalue weighted by Crippen LogP contribution is -2.24. The molecule has 7 nitrogen and oxygen atoms in total. The average Bonchev–Trinajstić information content (AvgIpc) is 3.19. The van der Waals surface area contributed by atoms with Crippen molar-refractivity contribution >= 4 is 63.2 Å². The fourth-order valence-corrected chi connectivity index (χ4v) is 4.73. The number of para-hydroxylation sites is 2. The van der Waals surface area contributed by atoms with Gasteiger partial charge in [-0.3, -0.25) is 18.6 Å². The Morgan fingerprint density at radius 3 is 2.56 bits per heavy atom. The second-order valence-electron chi connectivity index (χ2n) is 7.29. The zero-order valence-corrected chi connectivity index (χ0v) is 19.8. The van der Waals surface area contributed by atoms with Crippen LogP contribution in [0.25, 0.3) is 16.7 Å². The van der Waals surface area contributed by atoms with Crippen LogP contribution in [0.4, 0.5) is 5.69 Å². The Morgan fingerprint density at radius 2 is 1.84 bits per heavy atom. The first kappa shape index (κ1) is 22.6. The van der Waals surface area contributed by atoms with Gasteiger partial charge in [-0.15, -0.1) is 10.2 Å². The fraction of sp³-hybridized carbons (Fsp3) is 0.273. The van der Waals surface area contributed by atoms with E-state index >= 15 is 0 Å². The van der Waals surface area contributed by atoms with E-state index in [2.05, 4.69) is 22.4 Å². The number of rotatable bonds is 7. The molecule has 2 heterocycles. The number of carbonyl (C=O) groups excluding carboxylic acids is 1. The molecule has 4 rings (SSSR count). The van der Waals surface area contributed by atoms with Crippen LogP contribution in [-0.4, -0.2) is 30.3 Å². The molecule has 2 aromatic carbocycles. The molecule has 2 aromatic heterocycles. The van der Waals surface area contributed by atoms with E-state index < -0.39 is 5.25 Å². The number of amides is 1. The van der Waals surface area contributed by atoms with Crippen molar-refractivity contribution in [1.82, 2.24) is 19.2 Å². The Labute approximate surface area is 198 Å². The minimum Gasteiger partial charge on any atom is -0.323 e. The van der Waals surface area contributed by atoms with Crippen molar-refractivity contribution < 1.29 is 4.79 Å². The molecule has 0 aliphatic heterocycles. The molecule has 10 heteroatoms. The summed E-state index contributed by atoms with van der Waals surface area (Å²) in [5.74, 6) is 0.191. The number of unbranched alkanes of at least 4 members (excludes halogenated alkanes) is 1. The molecular weight excluding hydrogens is 469 g/mol. The Morgan fingerprint density at radius 1 is 1.12 bits per heavy atom. The topological polar surface area (TPSA) is 81.3 Å². The molecule has 1 atom stereocenters. The van der Waals surface area contributed by atoms with Crippen molar-refractivity contribution in [3.05, 3.63) is 62.9 Å². The highest BCUT2D eigenvalue weighted by atomic mass is 35.5. The van der Waals surface area contributed by atoms with Crippen LogP contribution < -0.4 is 10.9 Å². The van der Waals surface area contributed by atoms with Crippen molar-refractivity contribution in [2.24, 2.45) is 0 Å². The predicted octanol–water partition coefficient (Wildman–Crippen LogP) is 5.27. The number of nitrogens with zero attached hydrogens (tertiary/aromatic N) is 4. The van der Waals surface area contributed by atoms with E-state index in [0.717, 1.165) is 12.8 Å². The molecule has 0 bridgehead atoms. The summed E-state index contributed by atoms with van der Waals surface area (Å²) in [5, 5.41) is 12.7. The number of aromatic nitrogens is 4. The Bertz CT molecular complexity index is 1350. The smallest absolute Gasteiger partial charge is 0.262 e. The van der Waals surface area contributed by atoms with Gasteiger partial charge in [-0.2, -0.15) is 0 Å². The molecule has 1 unspecified atom stereocenters. The molecule has 0 fully saturated rings. The van der Waals surface area contributed by atoms with Crippen LogP contribution >= 0.6 is 35.0 Å². The summed E-state index contributed by atoms with van der Waals surface area (Å²) in [4.78, 5) is 25.9. The van der Waals surface area contributed by atoms with Crippen molar-refractivity contribution in [3.8, 4) is 0 Å². The third-order valence-electron chi connectivity index (χ3n) is 5.08. The molecule has 0 saturated carbocycles. The third kappa shape index (κ3) is 4.22. The molecule has 0 aliphatic carbocycles. The summed E-state index contributed by atoms with van der Waals surface area (Å²) in [6.07, 6.45) is 1.80. The van der Waals surface area contributed by atoms with Crippen LogP contribution in [0, 0.1) is 0 Å². The second kappa shape index (κ2) is 9.52. The van der Waals surface area contributed by atoms with Gasteiger partial charge >= 0.3 is 0 Å². The van der Waals surface area contributed by atoms with Gasteiger partial charge in [0.25, 0.3) is 5.56 Å². The van der Waals surface area contributed by atoms with Gasteiger partial charge < -0.3 is 5.32 Å². The van der Waals surface area contributed by atoms with Crippen LogP contribution in [0.3, 0.4) is 0 Å². The Hall–Kier alpha value is -2.55. The summed E-state index contributed by atoms with van der Waals surface area (Å²) in [5.41, 5.74) is 0.984. The average molecular weight is 490 g/mol. The van der Waals surface area contributed by atoms with E-state index in [0.29, 0.717) is 44.1 Å². The maximum atomic E-state index is 13.0. The van der Waals surface area contributed by atoms with Gasteiger partial charge in [-0.05, 0) is 37.6 Å². The van der Waals surface area contributed by atoms with E-state index in [-0.39, 0.29) is 11.5 Å². The van der Waals surface area contributed by atoms with Gasteiger partial charge in [0.05, 0.1) is 31.9 Å². The molecule has 4 aromatic rings. The highest BCUT2D eigenvalue weighted by Crippen LogP contribution is 2.31. The van der Waals surface area contributed by atoms with Gasteiger partial charge in [-0.25, -0.2) is 0 Å². The first-order chi connectivity index (χ1) is 15.4. The van der Waals surface area contributed by atoms with Crippen molar-refractivity contribution in [2.75, 3.05) is 5.32 Å². The number of hydrogen-bond donors (Lipinski definition) is 1. The van der Waals surface area contributed by atoms with Crippen LogP contribution in [0.15, 0.2) is 52.4 Å². The standard InChI is InChI=1S/C22H21Cl2N5O2S/c1-3-4-12-28-20(31)14-8-5-6-11-17(14)29-21(28)26-27-22(29)32-13(2)19(30)25-18-15(23)9-7-10-16(18)24/h5-11,13H,3-4,12H2,1-2H3,(H,25,30). The zero-order valence-electron chi connectivity index (χ0n) is 17.5. The van der Waals surface area contributed by atoms with Crippen molar-refractivity contribution in [1.29, 1.82) is 0 Å². The quantitative estimate of drug-likeness (QED) is 0.357. The number of hydrogen-bond acceptors (Lipinski definition) is 5. The van der Waals surface area contributed by atoms with Crippen LogP contribution in [0.1, 0.15) is 26.7 Å². The first-order valence-corrected chi connectivity index (χ1v) is 11.8. The Balaban J connectivity index is 1.71. The number of thioether (sulfide) groups is 1. The molecule has 166 valence electrons. The van der Waals surface area contributed by atoms with Crippen LogP contribution in [-0.2, 0) is 11.3 Å². The number of nitrogens with one attached hydrogen (secondary N) is 1. The number of anilines is 1. The lowest BCUT2D eigenvalue weighted by molar-refractivity contribution is -0.115. The molecule has 32 heavy (non-hydrogen) atoms. The van der Waals surface area contributed by atoms with Crippen LogP contribution in [0.5, 0.6) is 0 Å². The summed E-state index contributed by atoms with van der Waals surface area (Å²) >= 11 is 13.6. The van der Waals surface area contributed by atoms with Gasteiger partial charge in [0.2, 0.25) is 11.7 Å². The predicted molar refractivity (Wildman–Crippen MR) is 130 cm³/mol. The lowest BCUT2D eigenvalue weighted by Gasteiger charge is -2.14. The maximum Gasteiger partial charge on any atom is 0.262 e. The molecule has 0 radical (unpaired) electrons. The first-order valence-electron chi connectivity index (χ1n) is 10.2. The van der Waals surface area contributed by atoms with E-state index in [9.17, 15) is 9.59 Å². The van der Waals surface area contributed by atoms with Gasteiger partial charge in [0.15, 0.2) is 5.16 Å². The number of aryl methyl sites for hydroxylation is 1. The molecule has 0 saturated heterocycles. The minimum atomic E-state index is -0.524. The molecular formula is C22H21Cl2N5O2S. The summed E-state index contributed by atoms with van der Waals surface area (Å²) in [6.45, 7) is 4.38. The highest BCUT2D eigenvalue weighted by molar-refractivity contribution is 8.00. The molecule has 0 spiro atoms. The summed E-state index contributed by atoms with van der Waals surface area (Å²) < 4.78 is 3.49. The SMILES string of the molecule is CCCCn1c(=O)c2ccccc2n2c(SC(C)C(=O)Nc3c(Cl)cccc3Cl)nnc12. The Kier molecular flexibility index (Phi) is 6.74. The van der Waals surface area contributed by atoms with Crippen molar-refractivity contribution in [2.45, 2.75) is 43.6 Å². The van der Waals surface area contributed by atoms with Gasteiger partial charge in [-0.1, -0.05) is 66.5 Å². The monoisotopic (exact) mass is 489 g/mol. The van der Waals surface area contributed by atoms with E-state index in [1.807, 2.05) is 22.6 Å². The highest BCUT2D eigenvalue weighted by Gasteiger charge is 2.22. The summed E-state index contributed by atoms with van der Waals surface area (Å²) in [7, 11) is 0. The fourth-order valence-electron chi connectivity index (χ4n) is 3.38. The van der Waals surface area contributed by atoms with Gasteiger partial charge in [0, 0.05) is 6.54 Å². The molecule has 1 amide bonds. The molecule has 0 aliphatic rings. The lowest BCUT2D eigenvalue weighted by atomic mass is 10.2. The summed E-state index contributed by atoms with van der Waals surface area (Å²) in [6, 6.07) is 12.4. The molecule has 1 N–H and O–H groups in total. The van der Waals surface area contributed by atoms with E-state index in [4.69, 9.17) is 23.2 Å².